The minimum atomic E-state index is 0.359. The SMILES string of the molecule is C/C(=C\Cl)CN[C@@H](C)c1ccccc1C. The van der Waals surface area contributed by atoms with Crippen LogP contribution in [0.1, 0.15) is 31.0 Å². The summed E-state index contributed by atoms with van der Waals surface area (Å²) in [5.74, 6) is 0. The molecule has 1 atom stereocenters. The molecular weight excluding hydrogens is 206 g/mol. The zero-order chi connectivity index (χ0) is 11.3. The average Bonchev–Trinajstić information content (AvgIpc) is 2.26. The highest BCUT2D eigenvalue weighted by Crippen LogP contribution is 2.16. The molecule has 0 aliphatic heterocycles. The fourth-order valence-electron chi connectivity index (χ4n) is 1.54. The van der Waals surface area contributed by atoms with E-state index in [1.165, 1.54) is 11.1 Å². The monoisotopic (exact) mass is 223 g/mol. The Balaban J connectivity index is 2.61. The summed E-state index contributed by atoms with van der Waals surface area (Å²) in [5, 5.41) is 3.44. The number of halogens is 1. The van der Waals surface area contributed by atoms with Crippen molar-refractivity contribution in [3.63, 3.8) is 0 Å². The molecule has 0 fully saturated rings. The smallest absolute Gasteiger partial charge is 0.0297 e. The maximum Gasteiger partial charge on any atom is 0.0297 e. The van der Waals surface area contributed by atoms with Crippen molar-refractivity contribution in [1.29, 1.82) is 0 Å². The summed E-state index contributed by atoms with van der Waals surface area (Å²) in [5.41, 5.74) is 5.44. The Hall–Kier alpha value is -0.790. The molecular formula is C13H18ClN. The van der Waals surface area contributed by atoms with Crippen LogP contribution in [0.3, 0.4) is 0 Å². The molecule has 82 valence electrons. The number of hydrogen-bond acceptors (Lipinski definition) is 1. The third kappa shape index (κ3) is 3.69. The van der Waals surface area contributed by atoms with Crippen LogP contribution in [0.25, 0.3) is 0 Å². The molecule has 0 aliphatic rings. The molecule has 0 spiro atoms. The van der Waals surface area contributed by atoms with Crippen molar-refractivity contribution in [1.82, 2.24) is 5.32 Å². The Labute approximate surface area is 97.1 Å². The molecule has 15 heavy (non-hydrogen) atoms. The van der Waals surface area contributed by atoms with Gasteiger partial charge in [-0.3, -0.25) is 0 Å². The molecule has 0 amide bonds. The summed E-state index contributed by atoms with van der Waals surface area (Å²) in [7, 11) is 0. The fraction of sp³-hybridized carbons (Fsp3) is 0.385. The van der Waals surface area contributed by atoms with Crippen molar-refractivity contribution < 1.29 is 0 Å². The van der Waals surface area contributed by atoms with Gasteiger partial charge >= 0.3 is 0 Å². The second kappa shape index (κ2) is 5.94. The number of hydrogen-bond donors (Lipinski definition) is 1. The van der Waals surface area contributed by atoms with E-state index in [9.17, 15) is 0 Å². The fourth-order valence-corrected chi connectivity index (χ4v) is 1.61. The van der Waals surface area contributed by atoms with Crippen molar-refractivity contribution in [2.24, 2.45) is 0 Å². The lowest BCUT2D eigenvalue weighted by molar-refractivity contribution is 0.604. The van der Waals surface area contributed by atoms with Crippen LogP contribution in [0.4, 0.5) is 0 Å². The molecule has 0 unspecified atom stereocenters. The van der Waals surface area contributed by atoms with Gasteiger partial charge in [-0.25, -0.2) is 0 Å². The predicted octanol–water partition coefficient (Wildman–Crippen LogP) is 3.79. The first-order valence-corrected chi connectivity index (χ1v) is 5.63. The summed E-state index contributed by atoms with van der Waals surface area (Å²) < 4.78 is 0. The number of benzene rings is 1. The van der Waals surface area contributed by atoms with E-state index in [0.29, 0.717) is 6.04 Å². The van der Waals surface area contributed by atoms with Crippen molar-refractivity contribution in [3.8, 4) is 0 Å². The topological polar surface area (TPSA) is 12.0 Å². The van der Waals surface area contributed by atoms with Crippen LogP contribution in [-0.4, -0.2) is 6.54 Å². The molecule has 0 aromatic heterocycles. The molecule has 0 saturated carbocycles. The summed E-state index contributed by atoms with van der Waals surface area (Å²) in [6.07, 6.45) is 0. The van der Waals surface area contributed by atoms with Crippen molar-refractivity contribution in [2.45, 2.75) is 26.8 Å². The minimum Gasteiger partial charge on any atom is -0.306 e. The molecule has 0 radical (unpaired) electrons. The van der Waals surface area contributed by atoms with E-state index in [2.05, 4.69) is 43.4 Å². The van der Waals surface area contributed by atoms with E-state index in [1.54, 1.807) is 5.54 Å². The van der Waals surface area contributed by atoms with E-state index in [0.717, 1.165) is 12.1 Å². The Kier molecular flexibility index (Phi) is 4.86. The van der Waals surface area contributed by atoms with Crippen molar-refractivity contribution in [3.05, 3.63) is 46.5 Å². The third-order valence-corrected chi connectivity index (χ3v) is 2.90. The maximum absolute atomic E-state index is 5.61. The number of nitrogens with one attached hydrogen (secondary N) is 1. The number of rotatable bonds is 4. The molecule has 1 nitrogen and oxygen atoms in total. The molecule has 1 aromatic rings. The summed E-state index contributed by atoms with van der Waals surface area (Å²) in [4.78, 5) is 0. The van der Waals surface area contributed by atoms with Gasteiger partial charge in [-0.05, 0) is 37.5 Å². The Bertz CT molecular complexity index is 344. The van der Waals surface area contributed by atoms with Crippen LogP contribution in [0.15, 0.2) is 35.4 Å². The van der Waals surface area contributed by atoms with Crippen LogP contribution in [0.2, 0.25) is 0 Å². The highest BCUT2D eigenvalue weighted by molar-refractivity contribution is 6.25. The second-order valence-electron chi connectivity index (χ2n) is 3.91. The van der Waals surface area contributed by atoms with Crippen molar-refractivity contribution >= 4 is 11.6 Å². The zero-order valence-corrected chi connectivity index (χ0v) is 10.3. The van der Waals surface area contributed by atoms with Crippen LogP contribution < -0.4 is 5.32 Å². The van der Waals surface area contributed by atoms with Gasteiger partial charge in [-0.1, -0.05) is 35.9 Å². The van der Waals surface area contributed by atoms with Crippen LogP contribution in [-0.2, 0) is 0 Å². The largest absolute Gasteiger partial charge is 0.306 e. The summed E-state index contributed by atoms with van der Waals surface area (Å²) in [6.45, 7) is 7.16. The Morgan fingerprint density at radius 2 is 2.13 bits per heavy atom. The summed E-state index contributed by atoms with van der Waals surface area (Å²) in [6, 6.07) is 8.79. The Morgan fingerprint density at radius 3 is 2.73 bits per heavy atom. The molecule has 1 rings (SSSR count). The quantitative estimate of drug-likeness (QED) is 0.819. The van der Waals surface area contributed by atoms with E-state index < -0.39 is 0 Å². The first-order valence-electron chi connectivity index (χ1n) is 5.20. The van der Waals surface area contributed by atoms with Gasteiger partial charge in [0, 0.05) is 18.1 Å². The number of aryl methyl sites for hydroxylation is 1. The lowest BCUT2D eigenvalue weighted by atomic mass is 10.0. The van der Waals surface area contributed by atoms with Crippen LogP contribution in [0, 0.1) is 6.92 Å². The molecule has 0 saturated heterocycles. The molecule has 0 bridgehead atoms. The van der Waals surface area contributed by atoms with Gasteiger partial charge in [-0.15, -0.1) is 0 Å². The van der Waals surface area contributed by atoms with Gasteiger partial charge < -0.3 is 5.32 Å². The van der Waals surface area contributed by atoms with E-state index >= 15 is 0 Å². The van der Waals surface area contributed by atoms with Gasteiger partial charge in [0.1, 0.15) is 0 Å². The van der Waals surface area contributed by atoms with E-state index in [-0.39, 0.29) is 0 Å². The molecule has 0 aliphatic carbocycles. The van der Waals surface area contributed by atoms with Crippen molar-refractivity contribution in [2.75, 3.05) is 6.54 Å². The first-order chi connectivity index (χ1) is 7.15. The molecule has 1 N–H and O–H groups in total. The standard InChI is InChI=1S/C13H18ClN/c1-10(8-14)9-15-12(3)13-7-5-4-6-11(13)2/h4-8,12,15H,9H2,1-3H3/b10-8+/t12-/m0/s1. The van der Waals surface area contributed by atoms with Gasteiger partial charge in [0.2, 0.25) is 0 Å². The zero-order valence-electron chi connectivity index (χ0n) is 9.55. The van der Waals surface area contributed by atoms with Gasteiger partial charge in [0.05, 0.1) is 0 Å². The van der Waals surface area contributed by atoms with Crippen LogP contribution in [0.5, 0.6) is 0 Å². The average molecular weight is 224 g/mol. The normalized spacial score (nSPS) is 14.0. The first kappa shape index (κ1) is 12.3. The van der Waals surface area contributed by atoms with Gasteiger partial charge in [0.15, 0.2) is 0 Å². The Morgan fingerprint density at radius 1 is 1.47 bits per heavy atom. The van der Waals surface area contributed by atoms with E-state index in [1.807, 2.05) is 6.92 Å². The minimum absolute atomic E-state index is 0.359. The third-order valence-electron chi connectivity index (χ3n) is 2.53. The van der Waals surface area contributed by atoms with Gasteiger partial charge in [0.25, 0.3) is 0 Å². The highest BCUT2D eigenvalue weighted by Gasteiger charge is 2.06. The van der Waals surface area contributed by atoms with Crippen LogP contribution >= 0.6 is 11.6 Å². The summed E-state index contributed by atoms with van der Waals surface area (Å²) >= 11 is 5.61. The lowest BCUT2D eigenvalue weighted by Crippen LogP contribution is -2.21. The molecule has 0 heterocycles. The van der Waals surface area contributed by atoms with Gasteiger partial charge in [-0.2, -0.15) is 0 Å². The maximum atomic E-state index is 5.61. The predicted molar refractivity (Wildman–Crippen MR) is 67.2 cm³/mol. The highest BCUT2D eigenvalue weighted by atomic mass is 35.5. The van der Waals surface area contributed by atoms with E-state index in [4.69, 9.17) is 11.6 Å². The lowest BCUT2D eigenvalue weighted by Gasteiger charge is -2.16. The molecule has 1 aromatic carbocycles. The second-order valence-corrected chi connectivity index (χ2v) is 4.13. The molecule has 2 heteroatoms.